The highest BCUT2D eigenvalue weighted by molar-refractivity contribution is 14.0. The Morgan fingerprint density at radius 2 is 2.04 bits per heavy atom. The predicted molar refractivity (Wildman–Crippen MR) is 114 cm³/mol. The lowest BCUT2D eigenvalue weighted by atomic mass is 9.83. The van der Waals surface area contributed by atoms with Crippen LogP contribution in [0, 0.1) is 11.8 Å². The largest absolute Gasteiger partial charge is 0.377 e. The van der Waals surface area contributed by atoms with Crippen molar-refractivity contribution in [2.45, 2.75) is 64.6 Å². The number of aryl methyl sites for hydroxylation is 1. The highest BCUT2D eigenvalue weighted by Gasteiger charge is 2.23. The standard InChI is InChI=1S/C18H32N6O.HI/c1-13-4-6-14(7-5-13)10-20-18(19-2)21-15-8-9-17-22-16(12-25-3)23-24(17)11-15;/h13-15H,4-12H2,1-3H3,(H2,19,20,21);1H. The minimum absolute atomic E-state index is 0. The Hall–Kier alpha value is -0.900. The van der Waals surface area contributed by atoms with Gasteiger partial charge in [0.25, 0.3) is 0 Å². The number of aliphatic imine (C=N–C) groups is 1. The third-order valence-corrected chi connectivity index (χ3v) is 5.43. The Bertz CT molecular complexity index is 582. The van der Waals surface area contributed by atoms with Crippen molar-refractivity contribution in [1.29, 1.82) is 0 Å². The summed E-state index contributed by atoms with van der Waals surface area (Å²) in [4.78, 5) is 8.93. The molecule has 8 heteroatoms. The fourth-order valence-corrected chi connectivity index (χ4v) is 3.83. The van der Waals surface area contributed by atoms with Gasteiger partial charge in [0.2, 0.25) is 0 Å². The zero-order valence-corrected chi connectivity index (χ0v) is 18.5. The van der Waals surface area contributed by atoms with Crippen molar-refractivity contribution in [3.05, 3.63) is 11.6 Å². The molecule has 148 valence electrons. The van der Waals surface area contributed by atoms with Gasteiger partial charge in [-0.2, -0.15) is 5.10 Å². The quantitative estimate of drug-likeness (QED) is 0.388. The van der Waals surface area contributed by atoms with Crippen molar-refractivity contribution in [2.75, 3.05) is 20.7 Å². The number of hydrogen-bond acceptors (Lipinski definition) is 4. The van der Waals surface area contributed by atoms with Crippen molar-refractivity contribution < 1.29 is 4.74 Å². The Labute approximate surface area is 173 Å². The fraction of sp³-hybridized carbons (Fsp3) is 0.833. The maximum Gasteiger partial charge on any atom is 0.191 e. The topological polar surface area (TPSA) is 76.4 Å². The van der Waals surface area contributed by atoms with Crippen LogP contribution in [-0.4, -0.2) is 47.5 Å². The maximum atomic E-state index is 5.13. The Morgan fingerprint density at radius 1 is 1.27 bits per heavy atom. The molecule has 1 saturated carbocycles. The van der Waals surface area contributed by atoms with Crippen molar-refractivity contribution >= 4 is 29.9 Å². The zero-order chi connectivity index (χ0) is 17.6. The van der Waals surface area contributed by atoms with Gasteiger partial charge in [0, 0.05) is 33.2 Å². The first-order valence-corrected chi connectivity index (χ1v) is 9.56. The molecule has 1 atom stereocenters. The van der Waals surface area contributed by atoms with E-state index in [9.17, 15) is 0 Å². The summed E-state index contributed by atoms with van der Waals surface area (Å²) in [6, 6.07) is 0.335. The molecule has 7 nitrogen and oxygen atoms in total. The van der Waals surface area contributed by atoms with E-state index in [1.807, 2.05) is 11.7 Å². The highest BCUT2D eigenvalue weighted by atomic mass is 127. The molecule has 0 bridgehead atoms. The summed E-state index contributed by atoms with van der Waals surface area (Å²) >= 11 is 0. The lowest BCUT2D eigenvalue weighted by molar-refractivity contribution is 0.177. The molecule has 26 heavy (non-hydrogen) atoms. The number of fused-ring (bicyclic) bond motifs is 1. The SMILES string of the molecule is CN=C(NCC1CCC(C)CC1)NC1CCc2nc(COC)nn2C1.I. The average molecular weight is 476 g/mol. The van der Waals surface area contributed by atoms with Gasteiger partial charge in [-0.3, -0.25) is 4.99 Å². The molecule has 0 amide bonds. The monoisotopic (exact) mass is 476 g/mol. The van der Waals surface area contributed by atoms with Crippen LogP contribution in [0.3, 0.4) is 0 Å². The van der Waals surface area contributed by atoms with Crippen molar-refractivity contribution in [3.63, 3.8) is 0 Å². The number of rotatable bonds is 5. The van der Waals surface area contributed by atoms with Crippen LogP contribution < -0.4 is 10.6 Å². The molecule has 0 aromatic carbocycles. The Balaban J connectivity index is 0.00000243. The van der Waals surface area contributed by atoms with E-state index in [-0.39, 0.29) is 24.0 Å². The summed E-state index contributed by atoms with van der Waals surface area (Å²) in [5, 5.41) is 11.6. The smallest absolute Gasteiger partial charge is 0.191 e. The summed E-state index contributed by atoms with van der Waals surface area (Å²) in [5.74, 6) is 4.41. The second-order valence-electron chi connectivity index (χ2n) is 7.52. The van der Waals surface area contributed by atoms with Gasteiger partial charge in [0.15, 0.2) is 11.8 Å². The minimum Gasteiger partial charge on any atom is -0.377 e. The Morgan fingerprint density at radius 3 is 2.73 bits per heavy atom. The van der Waals surface area contributed by atoms with Crippen LogP contribution in [0.15, 0.2) is 4.99 Å². The first-order chi connectivity index (χ1) is 12.2. The van der Waals surface area contributed by atoms with E-state index in [4.69, 9.17) is 4.74 Å². The normalized spacial score (nSPS) is 26.0. The van der Waals surface area contributed by atoms with E-state index in [1.54, 1.807) is 7.11 Å². The number of halogens is 1. The van der Waals surface area contributed by atoms with Gasteiger partial charge in [-0.05, 0) is 31.1 Å². The number of ether oxygens (including phenoxy) is 1. The van der Waals surface area contributed by atoms with Crippen molar-refractivity contribution in [1.82, 2.24) is 25.4 Å². The molecule has 2 N–H and O–H groups in total. The lowest BCUT2D eigenvalue weighted by Crippen LogP contribution is -2.48. The summed E-state index contributed by atoms with van der Waals surface area (Å²) in [5.41, 5.74) is 0. The van der Waals surface area contributed by atoms with Crippen LogP contribution in [0.4, 0.5) is 0 Å². The van der Waals surface area contributed by atoms with Crippen LogP contribution in [0.1, 0.15) is 50.7 Å². The maximum absolute atomic E-state index is 5.13. The minimum atomic E-state index is 0. The molecule has 1 aromatic rings. The summed E-state index contributed by atoms with van der Waals surface area (Å²) in [6.07, 6.45) is 7.37. The number of nitrogens with one attached hydrogen (secondary N) is 2. The van der Waals surface area contributed by atoms with Gasteiger partial charge >= 0.3 is 0 Å². The zero-order valence-electron chi connectivity index (χ0n) is 16.2. The molecule has 0 radical (unpaired) electrons. The van der Waals surface area contributed by atoms with Crippen molar-refractivity contribution in [2.24, 2.45) is 16.8 Å². The van der Waals surface area contributed by atoms with Crippen LogP contribution >= 0.6 is 24.0 Å². The first kappa shape index (κ1) is 21.4. The Kier molecular flexibility index (Phi) is 8.59. The number of nitrogens with zero attached hydrogens (tertiary/aromatic N) is 4. The van der Waals surface area contributed by atoms with Crippen LogP contribution in [-0.2, 0) is 24.3 Å². The third kappa shape index (κ3) is 5.80. The molecule has 3 rings (SSSR count). The van der Waals surface area contributed by atoms with E-state index in [2.05, 4.69) is 32.6 Å². The van der Waals surface area contributed by atoms with E-state index in [1.165, 1.54) is 25.7 Å². The second kappa shape index (κ2) is 10.4. The first-order valence-electron chi connectivity index (χ1n) is 9.56. The molecular formula is C18H33IN6O. The van der Waals surface area contributed by atoms with Gasteiger partial charge in [0.1, 0.15) is 12.4 Å². The van der Waals surface area contributed by atoms with E-state index in [0.717, 1.165) is 55.4 Å². The number of guanidine groups is 1. The van der Waals surface area contributed by atoms with Gasteiger partial charge in [0.05, 0.1) is 6.54 Å². The number of hydrogen-bond donors (Lipinski definition) is 2. The number of methoxy groups -OCH3 is 1. The molecule has 1 aliphatic carbocycles. The number of aromatic nitrogens is 3. The van der Waals surface area contributed by atoms with E-state index >= 15 is 0 Å². The van der Waals surface area contributed by atoms with Crippen LogP contribution in [0.5, 0.6) is 0 Å². The fourth-order valence-electron chi connectivity index (χ4n) is 3.83. The molecule has 1 aromatic heterocycles. The van der Waals surface area contributed by atoms with Crippen LogP contribution in [0.2, 0.25) is 0 Å². The summed E-state index contributed by atoms with van der Waals surface area (Å²) < 4.78 is 7.13. The summed E-state index contributed by atoms with van der Waals surface area (Å²) in [6.45, 7) is 4.68. The van der Waals surface area contributed by atoms with Gasteiger partial charge < -0.3 is 15.4 Å². The molecule has 1 fully saturated rings. The molecule has 0 saturated heterocycles. The molecule has 2 heterocycles. The molecule has 2 aliphatic rings. The van der Waals surface area contributed by atoms with Gasteiger partial charge in [-0.25, -0.2) is 9.67 Å². The van der Waals surface area contributed by atoms with Gasteiger partial charge in [-0.1, -0.05) is 19.8 Å². The summed E-state index contributed by atoms with van der Waals surface area (Å²) in [7, 11) is 3.52. The average Bonchev–Trinajstić information content (AvgIpc) is 3.02. The predicted octanol–water partition coefficient (Wildman–Crippen LogP) is 2.35. The molecule has 0 spiro atoms. The second-order valence-corrected chi connectivity index (χ2v) is 7.52. The lowest BCUT2D eigenvalue weighted by Gasteiger charge is -2.28. The van der Waals surface area contributed by atoms with E-state index in [0.29, 0.717) is 12.6 Å². The van der Waals surface area contributed by atoms with E-state index < -0.39 is 0 Å². The third-order valence-electron chi connectivity index (χ3n) is 5.43. The van der Waals surface area contributed by atoms with Gasteiger partial charge in [-0.15, -0.1) is 24.0 Å². The highest BCUT2D eigenvalue weighted by Crippen LogP contribution is 2.27. The molecule has 1 unspecified atom stereocenters. The molecule has 1 aliphatic heterocycles. The van der Waals surface area contributed by atoms with Crippen molar-refractivity contribution in [3.8, 4) is 0 Å². The molecular weight excluding hydrogens is 443 g/mol. The van der Waals surface area contributed by atoms with Crippen LogP contribution in [0.25, 0.3) is 0 Å².